The van der Waals surface area contributed by atoms with E-state index in [-0.39, 0.29) is 17.8 Å². The second kappa shape index (κ2) is 5.99. The molecule has 2 bridgehead atoms. The Morgan fingerprint density at radius 3 is 2.27 bits per heavy atom. The molecule has 0 N–H and O–H groups in total. The van der Waals surface area contributed by atoms with Crippen molar-refractivity contribution < 1.29 is 19.1 Å². The minimum atomic E-state index is -0.486. The molecule has 2 aromatic carbocycles. The van der Waals surface area contributed by atoms with Crippen LogP contribution in [-0.4, -0.2) is 11.9 Å². The Hall–Kier alpha value is -2.59. The molecule has 4 nitrogen and oxygen atoms in total. The fourth-order valence-electron chi connectivity index (χ4n) is 3.87. The Kier molecular flexibility index (Phi) is 3.88. The lowest BCUT2D eigenvalue weighted by Gasteiger charge is -2.23. The first-order chi connectivity index (χ1) is 12.4. The van der Waals surface area contributed by atoms with E-state index in [1.165, 1.54) is 6.92 Å². The molecular formula is C21H17ClO4. The van der Waals surface area contributed by atoms with Gasteiger partial charge in [-0.05, 0) is 13.3 Å². The zero-order chi connectivity index (χ0) is 18.6. The van der Waals surface area contributed by atoms with Gasteiger partial charge in [0.2, 0.25) is 0 Å². The van der Waals surface area contributed by atoms with Gasteiger partial charge in [-0.1, -0.05) is 48.5 Å². The number of ether oxygens (including phenoxy) is 2. The molecule has 0 heterocycles. The summed E-state index contributed by atoms with van der Waals surface area (Å²) in [7, 11) is 0. The highest BCUT2D eigenvalue weighted by molar-refractivity contribution is 6.31. The smallest absolute Gasteiger partial charge is 0.338 e. The maximum absolute atomic E-state index is 12.3. The number of rotatable bonds is 3. The summed E-state index contributed by atoms with van der Waals surface area (Å²) in [6, 6.07) is 7.44. The summed E-state index contributed by atoms with van der Waals surface area (Å²) in [5.41, 5.74) is 2.04. The van der Waals surface area contributed by atoms with Crippen LogP contribution in [0, 0.1) is 0 Å². The van der Waals surface area contributed by atoms with Gasteiger partial charge < -0.3 is 9.47 Å². The third-order valence-corrected chi connectivity index (χ3v) is 5.28. The molecule has 0 fully saturated rings. The highest BCUT2D eigenvalue weighted by Crippen LogP contribution is 2.61. The van der Waals surface area contributed by atoms with Gasteiger partial charge in [0.15, 0.2) is 0 Å². The predicted octanol–water partition coefficient (Wildman–Crippen LogP) is 4.95. The van der Waals surface area contributed by atoms with E-state index in [2.05, 4.69) is 6.58 Å². The van der Waals surface area contributed by atoms with Crippen molar-refractivity contribution in [2.24, 2.45) is 0 Å². The molecule has 2 aliphatic rings. The van der Waals surface area contributed by atoms with Crippen molar-refractivity contribution in [1.29, 1.82) is 0 Å². The largest absolute Gasteiger partial charge is 0.426 e. The Morgan fingerprint density at radius 1 is 1.08 bits per heavy atom. The number of carbonyl (C=O) groups is 2. The lowest BCUT2D eigenvalue weighted by atomic mass is 9.90. The number of esters is 2. The lowest BCUT2D eigenvalue weighted by molar-refractivity contribution is -0.132. The van der Waals surface area contributed by atoms with Crippen LogP contribution in [0.5, 0.6) is 11.5 Å². The molecule has 0 amide bonds. The maximum Gasteiger partial charge on any atom is 0.338 e. The van der Waals surface area contributed by atoms with E-state index in [0.717, 1.165) is 28.0 Å². The van der Waals surface area contributed by atoms with Crippen molar-refractivity contribution in [3.05, 3.63) is 58.7 Å². The minimum absolute atomic E-state index is 0.0451. The molecule has 5 heteroatoms. The summed E-state index contributed by atoms with van der Waals surface area (Å²) >= 11 is 6.41. The first kappa shape index (κ1) is 16.9. The van der Waals surface area contributed by atoms with E-state index in [9.17, 15) is 9.59 Å². The molecule has 2 aliphatic carbocycles. The third-order valence-electron chi connectivity index (χ3n) is 4.89. The minimum Gasteiger partial charge on any atom is -0.426 e. The van der Waals surface area contributed by atoms with E-state index in [1.54, 1.807) is 6.92 Å². The first-order valence-electron chi connectivity index (χ1n) is 8.40. The summed E-state index contributed by atoms with van der Waals surface area (Å²) in [4.78, 5) is 24.0. The van der Waals surface area contributed by atoms with Gasteiger partial charge in [-0.15, -0.1) is 0 Å². The van der Waals surface area contributed by atoms with Crippen molar-refractivity contribution in [2.75, 3.05) is 0 Å². The fraction of sp³-hybridized carbons (Fsp3) is 0.238. The van der Waals surface area contributed by atoms with Crippen LogP contribution < -0.4 is 9.47 Å². The summed E-state index contributed by atoms with van der Waals surface area (Å²) in [5, 5.41) is 2.19. The van der Waals surface area contributed by atoms with Gasteiger partial charge in [-0.25, -0.2) is 4.79 Å². The Morgan fingerprint density at radius 2 is 1.69 bits per heavy atom. The van der Waals surface area contributed by atoms with Crippen LogP contribution in [-0.2, 0) is 9.59 Å². The van der Waals surface area contributed by atoms with Crippen LogP contribution in [0.4, 0.5) is 0 Å². The SMILES string of the molecule is C=C(C)C(=O)Oc1c2c(c(OC(C)=O)c3ccccc13)C1C=C(Cl)C2C1. The highest BCUT2D eigenvalue weighted by Gasteiger charge is 2.43. The average Bonchev–Trinajstić information content (AvgIpc) is 3.14. The number of hydrogen-bond acceptors (Lipinski definition) is 4. The van der Waals surface area contributed by atoms with Crippen LogP contribution >= 0.6 is 11.6 Å². The topological polar surface area (TPSA) is 52.6 Å². The first-order valence-corrected chi connectivity index (χ1v) is 8.78. The van der Waals surface area contributed by atoms with Crippen LogP contribution in [0.2, 0.25) is 0 Å². The van der Waals surface area contributed by atoms with E-state index in [4.69, 9.17) is 21.1 Å². The number of halogens is 1. The lowest BCUT2D eigenvalue weighted by Crippen LogP contribution is -2.13. The average molecular weight is 369 g/mol. The summed E-state index contributed by atoms with van der Waals surface area (Å²) in [6.45, 7) is 6.65. The standard InChI is InChI=1S/C21H17ClO4/c1-10(2)21(24)26-20-14-7-5-4-6-13(14)19(25-11(3)23)17-12-8-15(18(17)20)16(22)9-12/h4-7,9,12,15H,1,8H2,2-3H3. The van der Waals surface area contributed by atoms with Gasteiger partial charge in [0.25, 0.3) is 0 Å². The summed E-state index contributed by atoms with van der Waals surface area (Å²) < 4.78 is 11.3. The Labute approximate surface area is 156 Å². The number of allylic oxidation sites excluding steroid dienone is 2. The predicted molar refractivity (Wildman–Crippen MR) is 99.7 cm³/mol. The van der Waals surface area contributed by atoms with Crippen molar-refractivity contribution >= 4 is 34.3 Å². The van der Waals surface area contributed by atoms with E-state index < -0.39 is 5.97 Å². The van der Waals surface area contributed by atoms with Gasteiger partial charge in [-0.3, -0.25) is 4.79 Å². The van der Waals surface area contributed by atoms with E-state index in [1.807, 2.05) is 30.3 Å². The second-order valence-corrected chi connectivity index (χ2v) is 7.18. The van der Waals surface area contributed by atoms with E-state index in [0.29, 0.717) is 22.5 Å². The van der Waals surface area contributed by atoms with Gasteiger partial charge in [0.1, 0.15) is 11.5 Å². The molecule has 4 rings (SSSR count). The molecule has 2 aromatic rings. The second-order valence-electron chi connectivity index (χ2n) is 6.74. The van der Waals surface area contributed by atoms with Crippen LogP contribution in [0.15, 0.2) is 47.5 Å². The van der Waals surface area contributed by atoms with Crippen LogP contribution in [0.1, 0.15) is 43.2 Å². The molecule has 0 aromatic heterocycles. The summed E-state index contributed by atoms with van der Waals surface area (Å²) in [6.07, 6.45) is 2.77. The summed E-state index contributed by atoms with van der Waals surface area (Å²) in [5.74, 6) is 0.138. The number of benzene rings is 2. The van der Waals surface area contributed by atoms with Crippen molar-refractivity contribution in [1.82, 2.24) is 0 Å². The van der Waals surface area contributed by atoms with Gasteiger partial charge >= 0.3 is 11.9 Å². The zero-order valence-corrected chi connectivity index (χ0v) is 15.2. The molecule has 0 spiro atoms. The molecular weight excluding hydrogens is 352 g/mol. The number of fused-ring (bicyclic) bond motifs is 6. The molecule has 0 radical (unpaired) electrons. The molecule has 132 valence electrons. The number of carbonyl (C=O) groups excluding carboxylic acids is 2. The van der Waals surface area contributed by atoms with Gasteiger partial charge in [0.05, 0.1) is 0 Å². The van der Waals surface area contributed by atoms with Crippen molar-refractivity contribution in [2.45, 2.75) is 32.1 Å². The quantitative estimate of drug-likeness (QED) is 0.437. The molecule has 26 heavy (non-hydrogen) atoms. The molecule has 0 saturated heterocycles. The van der Waals surface area contributed by atoms with E-state index >= 15 is 0 Å². The normalized spacial score (nSPS) is 19.9. The van der Waals surface area contributed by atoms with Gasteiger partial charge in [0, 0.05) is 51.3 Å². The van der Waals surface area contributed by atoms with Crippen molar-refractivity contribution in [3.63, 3.8) is 0 Å². The van der Waals surface area contributed by atoms with Crippen molar-refractivity contribution in [3.8, 4) is 11.5 Å². The maximum atomic E-state index is 12.3. The van der Waals surface area contributed by atoms with Crippen LogP contribution in [0.25, 0.3) is 10.8 Å². The monoisotopic (exact) mass is 368 g/mol. The van der Waals surface area contributed by atoms with Gasteiger partial charge in [-0.2, -0.15) is 0 Å². The Balaban J connectivity index is 2.04. The molecule has 0 saturated carbocycles. The van der Waals surface area contributed by atoms with Crippen LogP contribution in [0.3, 0.4) is 0 Å². The third kappa shape index (κ3) is 2.44. The molecule has 2 atom stereocenters. The molecule has 2 unspecified atom stereocenters. The Bertz CT molecular complexity index is 1020. The molecule has 0 aliphatic heterocycles. The highest BCUT2D eigenvalue weighted by atomic mass is 35.5. The number of hydrogen-bond donors (Lipinski definition) is 0. The zero-order valence-electron chi connectivity index (χ0n) is 14.5. The fourth-order valence-corrected chi connectivity index (χ4v) is 4.22.